The highest BCUT2D eigenvalue weighted by Crippen LogP contribution is 2.29. The maximum Gasteiger partial charge on any atom is 0.139 e. The average molecular weight is 278 g/mol. The quantitative estimate of drug-likeness (QED) is 0.831. The lowest BCUT2D eigenvalue weighted by Crippen LogP contribution is -2.23. The Morgan fingerprint density at radius 1 is 1.50 bits per heavy atom. The molecule has 0 saturated heterocycles. The Balaban J connectivity index is 2.77. The van der Waals surface area contributed by atoms with E-state index in [0.29, 0.717) is 27.2 Å². The lowest BCUT2D eigenvalue weighted by atomic mass is 10.2. The van der Waals surface area contributed by atoms with Crippen LogP contribution in [0.15, 0.2) is 18.2 Å². The molecule has 1 rings (SSSR count). The zero-order chi connectivity index (χ0) is 12.1. The fourth-order valence-electron chi connectivity index (χ4n) is 1.24. The largest absolute Gasteiger partial charge is 0.488 e. The van der Waals surface area contributed by atoms with Crippen LogP contribution in [0.1, 0.15) is 19.8 Å². The van der Waals surface area contributed by atoms with Gasteiger partial charge in [0.25, 0.3) is 0 Å². The summed E-state index contributed by atoms with van der Waals surface area (Å²) < 4.78 is 5.70. The highest BCUT2D eigenvalue weighted by molar-refractivity contribution is 7.80. The molecule has 0 spiro atoms. The Hall–Kier alpha value is -0.510. The number of benzene rings is 1. The van der Waals surface area contributed by atoms with Crippen molar-refractivity contribution >= 4 is 40.4 Å². The molecule has 0 radical (unpaired) electrons. The summed E-state index contributed by atoms with van der Waals surface area (Å²) in [7, 11) is 0. The van der Waals surface area contributed by atoms with Gasteiger partial charge in [0.15, 0.2) is 0 Å². The van der Waals surface area contributed by atoms with Crippen molar-refractivity contribution in [2.75, 3.05) is 0 Å². The average Bonchev–Trinajstić information content (AvgIpc) is 2.21. The van der Waals surface area contributed by atoms with Crippen molar-refractivity contribution in [1.82, 2.24) is 0 Å². The molecule has 0 aliphatic heterocycles. The van der Waals surface area contributed by atoms with Gasteiger partial charge in [-0.3, -0.25) is 0 Å². The van der Waals surface area contributed by atoms with Gasteiger partial charge < -0.3 is 10.5 Å². The predicted octanol–water partition coefficient (Wildman–Crippen LogP) is 3.83. The van der Waals surface area contributed by atoms with Crippen LogP contribution in [-0.4, -0.2) is 11.1 Å². The van der Waals surface area contributed by atoms with E-state index in [9.17, 15) is 0 Å². The van der Waals surface area contributed by atoms with E-state index in [2.05, 4.69) is 0 Å². The van der Waals surface area contributed by atoms with Gasteiger partial charge in [-0.05, 0) is 18.6 Å². The number of thiocarbonyl (C=S) groups is 1. The smallest absolute Gasteiger partial charge is 0.139 e. The third kappa shape index (κ3) is 4.16. The van der Waals surface area contributed by atoms with Crippen molar-refractivity contribution in [3.05, 3.63) is 28.2 Å². The SMILES string of the molecule is CCC(CC(N)=S)Oc1cc(Cl)ccc1Cl. The highest BCUT2D eigenvalue weighted by Gasteiger charge is 2.12. The van der Waals surface area contributed by atoms with Crippen molar-refractivity contribution < 1.29 is 4.74 Å². The summed E-state index contributed by atoms with van der Waals surface area (Å²) in [6.07, 6.45) is 1.28. The predicted molar refractivity (Wildman–Crippen MR) is 72.6 cm³/mol. The molecular formula is C11H13Cl2NOS. The summed E-state index contributed by atoms with van der Waals surface area (Å²) in [4.78, 5) is 0.435. The number of ether oxygens (including phenoxy) is 1. The van der Waals surface area contributed by atoms with Crippen molar-refractivity contribution in [3.63, 3.8) is 0 Å². The standard InChI is InChI=1S/C11H13Cl2NOS/c1-2-8(6-11(14)16)15-10-5-7(12)3-4-9(10)13/h3-5,8H,2,6H2,1H3,(H2,14,16). The van der Waals surface area contributed by atoms with E-state index in [1.54, 1.807) is 18.2 Å². The zero-order valence-corrected chi connectivity index (χ0v) is 11.2. The molecule has 5 heteroatoms. The van der Waals surface area contributed by atoms with E-state index in [1.165, 1.54) is 0 Å². The van der Waals surface area contributed by atoms with Crippen LogP contribution in [0.5, 0.6) is 5.75 Å². The monoisotopic (exact) mass is 277 g/mol. The van der Waals surface area contributed by atoms with Gasteiger partial charge in [-0.25, -0.2) is 0 Å². The minimum Gasteiger partial charge on any atom is -0.488 e. The fourth-order valence-corrected chi connectivity index (χ4v) is 1.75. The highest BCUT2D eigenvalue weighted by atomic mass is 35.5. The topological polar surface area (TPSA) is 35.2 Å². The van der Waals surface area contributed by atoms with Gasteiger partial charge in [-0.15, -0.1) is 0 Å². The Labute approximate surface area is 111 Å². The van der Waals surface area contributed by atoms with Gasteiger partial charge in [0.05, 0.1) is 10.0 Å². The van der Waals surface area contributed by atoms with Crippen LogP contribution in [-0.2, 0) is 0 Å². The van der Waals surface area contributed by atoms with Crippen LogP contribution in [0.25, 0.3) is 0 Å². The number of hydrogen-bond donors (Lipinski definition) is 1. The van der Waals surface area contributed by atoms with Crippen molar-refractivity contribution in [2.45, 2.75) is 25.9 Å². The van der Waals surface area contributed by atoms with Crippen LogP contribution in [0, 0.1) is 0 Å². The van der Waals surface area contributed by atoms with E-state index in [-0.39, 0.29) is 6.10 Å². The lowest BCUT2D eigenvalue weighted by molar-refractivity contribution is 0.205. The minimum atomic E-state index is -0.0616. The molecule has 1 unspecified atom stereocenters. The van der Waals surface area contributed by atoms with Gasteiger partial charge in [0, 0.05) is 17.5 Å². The summed E-state index contributed by atoms with van der Waals surface area (Å²) >= 11 is 16.7. The number of nitrogens with two attached hydrogens (primary N) is 1. The molecule has 0 saturated carbocycles. The van der Waals surface area contributed by atoms with Crippen molar-refractivity contribution in [2.24, 2.45) is 5.73 Å². The van der Waals surface area contributed by atoms with E-state index < -0.39 is 0 Å². The number of halogens is 2. The van der Waals surface area contributed by atoms with Gasteiger partial charge in [0.2, 0.25) is 0 Å². The number of hydrogen-bond acceptors (Lipinski definition) is 2. The van der Waals surface area contributed by atoms with Crippen LogP contribution in [0.3, 0.4) is 0 Å². The lowest BCUT2D eigenvalue weighted by Gasteiger charge is -2.17. The molecule has 16 heavy (non-hydrogen) atoms. The second kappa shape index (κ2) is 6.28. The van der Waals surface area contributed by atoms with Gasteiger partial charge in [0.1, 0.15) is 11.9 Å². The third-order valence-electron chi connectivity index (χ3n) is 2.07. The Bertz CT molecular complexity index is 384. The minimum absolute atomic E-state index is 0.0616. The zero-order valence-electron chi connectivity index (χ0n) is 8.87. The van der Waals surface area contributed by atoms with Crippen LogP contribution in [0.2, 0.25) is 10.0 Å². The Morgan fingerprint density at radius 2 is 2.19 bits per heavy atom. The molecule has 0 amide bonds. The fraction of sp³-hybridized carbons (Fsp3) is 0.364. The van der Waals surface area contributed by atoms with Gasteiger partial charge in [-0.1, -0.05) is 42.3 Å². The molecule has 0 aromatic heterocycles. The second-order valence-electron chi connectivity index (χ2n) is 3.39. The Morgan fingerprint density at radius 3 is 2.75 bits per heavy atom. The molecule has 0 aliphatic carbocycles. The van der Waals surface area contributed by atoms with E-state index in [4.69, 9.17) is 45.9 Å². The summed E-state index contributed by atoms with van der Waals surface area (Å²) in [6, 6.07) is 5.10. The van der Waals surface area contributed by atoms with Crippen LogP contribution in [0.4, 0.5) is 0 Å². The first kappa shape index (κ1) is 13.6. The molecule has 1 atom stereocenters. The summed E-state index contributed by atoms with van der Waals surface area (Å²) in [6.45, 7) is 2.00. The molecule has 2 nitrogen and oxygen atoms in total. The molecule has 0 bridgehead atoms. The maximum atomic E-state index is 5.99. The summed E-state index contributed by atoms with van der Waals surface area (Å²) in [5.41, 5.74) is 5.48. The van der Waals surface area contributed by atoms with E-state index in [1.807, 2.05) is 6.92 Å². The van der Waals surface area contributed by atoms with Crippen molar-refractivity contribution in [3.8, 4) is 5.75 Å². The second-order valence-corrected chi connectivity index (χ2v) is 4.76. The summed E-state index contributed by atoms with van der Waals surface area (Å²) in [5, 5.41) is 1.12. The van der Waals surface area contributed by atoms with E-state index in [0.717, 1.165) is 6.42 Å². The molecule has 0 heterocycles. The first-order chi connectivity index (χ1) is 7.52. The summed E-state index contributed by atoms with van der Waals surface area (Å²) in [5.74, 6) is 0.567. The molecule has 1 aromatic rings. The van der Waals surface area contributed by atoms with Crippen molar-refractivity contribution in [1.29, 1.82) is 0 Å². The normalized spacial score (nSPS) is 12.2. The third-order valence-corrected chi connectivity index (χ3v) is 2.79. The first-order valence-corrected chi connectivity index (χ1v) is 6.09. The molecule has 1 aromatic carbocycles. The molecule has 0 fully saturated rings. The number of rotatable bonds is 5. The Kier molecular flexibility index (Phi) is 5.32. The first-order valence-electron chi connectivity index (χ1n) is 4.93. The van der Waals surface area contributed by atoms with Gasteiger partial charge in [-0.2, -0.15) is 0 Å². The maximum absolute atomic E-state index is 5.99. The van der Waals surface area contributed by atoms with Crippen LogP contribution < -0.4 is 10.5 Å². The van der Waals surface area contributed by atoms with Gasteiger partial charge >= 0.3 is 0 Å². The molecular weight excluding hydrogens is 265 g/mol. The van der Waals surface area contributed by atoms with E-state index >= 15 is 0 Å². The molecule has 0 aliphatic rings. The molecule has 2 N–H and O–H groups in total. The van der Waals surface area contributed by atoms with Crippen LogP contribution >= 0.6 is 35.4 Å². The molecule has 88 valence electrons.